The molecular formula is C17H18OS. The summed E-state index contributed by atoms with van der Waals surface area (Å²) in [6.07, 6.45) is 6.58. The van der Waals surface area contributed by atoms with Crippen LogP contribution in [0, 0.1) is 11.3 Å². The number of hydrogen-bond acceptors (Lipinski definition) is 2. The first-order valence-electron chi connectivity index (χ1n) is 6.74. The lowest BCUT2D eigenvalue weighted by atomic mass is 9.73. The van der Waals surface area contributed by atoms with Gasteiger partial charge in [0.25, 0.3) is 0 Å². The Kier molecular flexibility index (Phi) is 2.94. The van der Waals surface area contributed by atoms with Gasteiger partial charge < -0.3 is 0 Å². The summed E-state index contributed by atoms with van der Waals surface area (Å²) >= 11 is 1.81. The van der Waals surface area contributed by atoms with E-state index < -0.39 is 5.41 Å². The summed E-state index contributed by atoms with van der Waals surface area (Å²) in [7, 11) is 0. The lowest BCUT2D eigenvalue weighted by Gasteiger charge is -2.39. The van der Waals surface area contributed by atoms with Crippen LogP contribution in [0.3, 0.4) is 0 Å². The van der Waals surface area contributed by atoms with E-state index in [1.807, 2.05) is 24.3 Å². The molecule has 0 saturated heterocycles. The number of ketones is 1. The molecule has 1 aliphatic carbocycles. The van der Waals surface area contributed by atoms with Gasteiger partial charge >= 0.3 is 0 Å². The van der Waals surface area contributed by atoms with Crippen LogP contribution < -0.4 is 0 Å². The largest absolute Gasteiger partial charge is 0.293 e. The van der Waals surface area contributed by atoms with E-state index in [4.69, 9.17) is 0 Å². The summed E-state index contributed by atoms with van der Waals surface area (Å²) in [6, 6.07) is 7.96. The van der Waals surface area contributed by atoms with Crippen LogP contribution >= 0.6 is 11.8 Å². The van der Waals surface area contributed by atoms with Gasteiger partial charge in [0.2, 0.25) is 0 Å². The normalized spacial score (nSPS) is 28.9. The lowest BCUT2D eigenvalue weighted by molar-refractivity contribution is 0.0866. The minimum absolute atomic E-state index is 0.220. The molecular weight excluding hydrogens is 252 g/mol. The summed E-state index contributed by atoms with van der Waals surface area (Å²) in [5.41, 5.74) is 1.75. The summed E-state index contributed by atoms with van der Waals surface area (Å²) in [5, 5.41) is 0.220. The van der Waals surface area contributed by atoms with Crippen LogP contribution in [0.5, 0.6) is 0 Å². The average molecular weight is 270 g/mol. The van der Waals surface area contributed by atoms with E-state index >= 15 is 0 Å². The van der Waals surface area contributed by atoms with Crippen molar-refractivity contribution < 1.29 is 4.79 Å². The molecule has 3 rings (SSSR count). The van der Waals surface area contributed by atoms with Gasteiger partial charge in [-0.2, -0.15) is 0 Å². The molecule has 0 saturated carbocycles. The van der Waals surface area contributed by atoms with Crippen molar-refractivity contribution in [3.63, 3.8) is 0 Å². The molecule has 2 atom stereocenters. The van der Waals surface area contributed by atoms with Gasteiger partial charge in [0.15, 0.2) is 5.78 Å². The monoisotopic (exact) mass is 270 g/mol. The Bertz CT molecular complexity index is 597. The molecule has 2 heteroatoms. The molecule has 0 fully saturated rings. The highest BCUT2D eigenvalue weighted by atomic mass is 32.2. The fourth-order valence-corrected chi connectivity index (χ4v) is 4.07. The Labute approximate surface area is 118 Å². The van der Waals surface area contributed by atoms with Gasteiger partial charge in [-0.05, 0) is 24.5 Å². The van der Waals surface area contributed by atoms with Crippen molar-refractivity contribution in [3.8, 4) is 0 Å². The number of thioether (sulfide) groups is 1. The predicted octanol–water partition coefficient (Wildman–Crippen LogP) is 4.50. The second-order valence-electron chi connectivity index (χ2n) is 5.80. The number of carbonyl (C=O) groups is 1. The smallest absolute Gasteiger partial charge is 0.175 e. The van der Waals surface area contributed by atoms with Crippen LogP contribution in [0.1, 0.15) is 31.1 Å². The first-order valence-corrected chi connectivity index (χ1v) is 7.62. The zero-order chi connectivity index (χ0) is 13.6. The number of benzene rings is 1. The summed E-state index contributed by atoms with van der Waals surface area (Å²) in [6.45, 7) is 6.43. The first-order chi connectivity index (χ1) is 9.02. The Morgan fingerprint density at radius 2 is 2.00 bits per heavy atom. The number of hydrogen-bond donors (Lipinski definition) is 0. The van der Waals surface area contributed by atoms with Crippen molar-refractivity contribution in [3.05, 3.63) is 53.6 Å². The quantitative estimate of drug-likeness (QED) is 0.747. The zero-order valence-electron chi connectivity index (χ0n) is 11.5. The van der Waals surface area contributed by atoms with Gasteiger partial charge in [-0.3, -0.25) is 4.79 Å². The van der Waals surface area contributed by atoms with Crippen molar-refractivity contribution >= 4 is 17.5 Å². The number of fused-ring (bicyclic) bond motifs is 2. The molecule has 2 aliphatic rings. The summed E-state index contributed by atoms with van der Waals surface area (Å²) < 4.78 is 0. The van der Waals surface area contributed by atoms with E-state index in [1.165, 1.54) is 5.57 Å². The van der Waals surface area contributed by atoms with E-state index in [9.17, 15) is 4.79 Å². The van der Waals surface area contributed by atoms with Gasteiger partial charge in [-0.15, -0.1) is 11.8 Å². The van der Waals surface area contributed by atoms with E-state index in [1.54, 1.807) is 11.8 Å². The van der Waals surface area contributed by atoms with Crippen LogP contribution in [0.15, 0.2) is 53.0 Å². The predicted molar refractivity (Wildman–Crippen MR) is 80.6 cm³/mol. The number of allylic oxidation sites excluding steroid dienone is 3. The van der Waals surface area contributed by atoms with Crippen molar-refractivity contribution in [2.75, 3.05) is 0 Å². The summed E-state index contributed by atoms with van der Waals surface area (Å²) in [5.74, 6) is 0.721. The van der Waals surface area contributed by atoms with Gasteiger partial charge in [0.05, 0.1) is 5.41 Å². The van der Waals surface area contributed by atoms with Gasteiger partial charge in [-0.25, -0.2) is 0 Å². The Hall–Kier alpha value is -1.28. The molecule has 1 nitrogen and oxygen atoms in total. The minimum atomic E-state index is -0.395. The molecule has 1 aromatic carbocycles. The molecule has 0 amide bonds. The molecule has 0 spiro atoms. The SMILES string of the molecule is CC(C)C1=CC2(C)C(=O)c3ccccc3SC2C=C1. The standard InChI is InChI=1S/C17H18OS/c1-11(2)12-8-9-15-17(3,10-12)16(18)13-6-4-5-7-14(13)19-15/h4-11,15H,1-3H3. The maximum atomic E-state index is 12.8. The lowest BCUT2D eigenvalue weighted by Crippen LogP contribution is -2.40. The highest BCUT2D eigenvalue weighted by Crippen LogP contribution is 2.49. The van der Waals surface area contributed by atoms with Crippen molar-refractivity contribution in [1.29, 1.82) is 0 Å². The second-order valence-corrected chi connectivity index (χ2v) is 6.99. The maximum Gasteiger partial charge on any atom is 0.175 e. The third-order valence-electron chi connectivity index (χ3n) is 4.06. The van der Waals surface area contributed by atoms with Crippen LogP contribution in [-0.2, 0) is 0 Å². The molecule has 1 aromatic rings. The fraction of sp³-hybridized carbons (Fsp3) is 0.353. The maximum absolute atomic E-state index is 12.8. The molecule has 0 aromatic heterocycles. The molecule has 0 radical (unpaired) electrons. The number of rotatable bonds is 1. The number of Topliss-reactive ketones (excluding diaryl/α,β-unsaturated/α-hetero) is 1. The van der Waals surface area contributed by atoms with Crippen molar-refractivity contribution in [1.82, 2.24) is 0 Å². The minimum Gasteiger partial charge on any atom is -0.293 e. The topological polar surface area (TPSA) is 17.1 Å². The van der Waals surface area contributed by atoms with Crippen LogP contribution in [0.2, 0.25) is 0 Å². The Morgan fingerprint density at radius 1 is 1.26 bits per heavy atom. The van der Waals surface area contributed by atoms with E-state index in [2.05, 4.69) is 39.0 Å². The Balaban J connectivity index is 2.11. The molecule has 98 valence electrons. The number of carbonyl (C=O) groups excluding carboxylic acids is 1. The molecule has 19 heavy (non-hydrogen) atoms. The molecule has 0 N–H and O–H groups in total. The average Bonchev–Trinajstić information content (AvgIpc) is 2.40. The van der Waals surface area contributed by atoms with Gasteiger partial charge in [0, 0.05) is 15.7 Å². The first kappa shape index (κ1) is 12.7. The van der Waals surface area contributed by atoms with E-state index in [-0.39, 0.29) is 11.0 Å². The molecule has 0 bridgehead atoms. The van der Waals surface area contributed by atoms with Crippen LogP contribution in [-0.4, -0.2) is 11.0 Å². The highest BCUT2D eigenvalue weighted by Gasteiger charge is 2.45. The molecule has 2 unspecified atom stereocenters. The fourth-order valence-electron chi connectivity index (χ4n) is 2.77. The highest BCUT2D eigenvalue weighted by molar-refractivity contribution is 8.00. The third-order valence-corrected chi connectivity index (χ3v) is 5.57. The van der Waals surface area contributed by atoms with E-state index in [0.29, 0.717) is 5.92 Å². The van der Waals surface area contributed by atoms with E-state index in [0.717, 1.165) is 10.5 Å². The van der Waals surface area contributed by atoms with Crippen LogP contribution in [0.4, 0.5) is 0 Å². The van der Waals surface area contributed by atoms with Crippen LogP contribution in [0.25, 0.3) is 0 Å². The van der Waals surface area contributed by atoms with Gasteiger partial charge in [-0.1, -0.05) is 50.3 Å². The molecule has 1 aliphatic heterocycles. The summed E-state index contributed by atoms with van der Waals surface area (Å²) in [4.78, 5) is 14.0. The zero-order valence-corrected chi connectivity index (χ0v) is 12.3. The van der Waals surface area contributed by atoms with Crippen molar-refractivity contribution in [2.45, 2.75) is 30.9 Å². The third kappa shape index (κ3) is 1.90. The molecule has 1 heterocycles. The Morgan fingerprint density at radius 3 is 2.74 bits per heavy atom. The van der Waals surface area contributed by atoms with Crippen molar-refractivity contribution in [2.24, 2.45) is 11.3 Å². The van der Waals surface area contributed by atoms with Gasteiger partial charge in [0.1, 0.15) is 0 Å². The second kappa shape index (κ2) is 4.38.